The fourth-order valence-corrected chi connectivity index (χ4v) is 2.65. The summed E-state index contributed by atoms with van der Waals surface area (Å²) >= 11 is 0. The van der Waals surface area contributed by atoms with Gasteiger partial charge in [0.15, 0.2) is 5.82 Å². The molecule has 170 valence electrons. The first kappa shape index (κ1) is 22.0. The second-order valence-electron chi connectivity index (χ2n) is 6.47. The predicted octanol–water partition coefficient (Wildman–Crippen LogP) is 3.91. The van der Waals surface area contributed by atoms with Gasteiger partial charge in [0.2, 0.25) is 11.8 Å². The van der Waals surface area contributed by atoms with Gasteiger partial charge in [-0.25, -0.2) is 24.6 Å². The number of alkyl halides is 6. The van der Waals surface area contributed by atoms with Gasteiger partial charge in [0.25, 0.3) is 0 Å². The summed E-state index contributed by atoms with van der Waals surface area (Å²) in [6.07, 6.45) is -3.63. The van der Waals surface area contributed by atoms with Crippen molar-refractivity contribution in [1.29, 1.82) is 0 Å². The first-order valence-electron chi connectivity index (χ1n) is 8.86. The molecule has 0 saturated carbocycles. The van der Waals surface area contributed by atoms with Crippen molar-refractivity contribution in [3.05, 3.63) is 65.9 Å². The maximum absolute atomic E-state index is 13.1. The first-order chi connectivity index (χ1) is 15.5. The second-order valence-corrected chi connectivity index (χ2v) is 6.47. The molecule has 9 nitrogen and oxygen atoms in total. The lowest BCUT2D eigenvalue weighted by atomic mass is 10.1. The molecule has 0 aromatic carbocycles. The maximum atomic E-state index is 13.1. The summed E-state index contributed by atoms with van der Waals surface area (Å²) in [7, 11) is 0. The Morgan fingerprint density at radius 2 is 1.61 bits per heavy atom. The number of rotatable bonds is 4. The summed E-state index contributed by atoms with van der Waals surface area (Å²) in [5, 5.41) is 11.6. The van der Waals surface area contributed by atoms with Crippen LogP contribution in [0.4, 0.5) is 26.3 Å². The molecule has 15 heteroatoms. The van der Waals surface area contributed by atoms with Crippen molar-refractivity contribution in [2.75, 3.05) is 0 Å². The average molecular weight is 468 g/mol. The van der Waals surface area contributed by atoms with Gasteiger partial charge in [0, 0.05) is 36.6 Å². The highest BCUT2D eigenvalue weighted by atomic mass is 19.4. The van der Waals surface area contributed by atoms with Crippen molar-refractivity contribution in [2.45, 2.75) is 19.3 Å². The lowest BCUT2D eigenvalue weighted by Crippen LogP contribution is -2.15. The molecule has 0 bridgehead atoms. The van der Waals surface area contributed by atoms with Gasteiger partial charge in [0.05, 0.1) is 5.57 Å². The molecule has 4 aromatic heterocycles. The van der Waals surface area contributed by atoms with E-state index in [4.69, 9.17) is 4.42 Å². The molecule has 4 rings (SSSR count). The van der Waals surface area contributed by atoms with Gasteiger partial charge < -0.3 is 4.42 Å². The third-order valence-corrected chi connectivity index (χ3v) is 4.06. The molecule has 0 unspecified atom stereocenters. The molecule has 0 radical (unpaired) electrons. The van der Waals surface area contributed by atoms with E-state index in [1.807, 2.05) is 0 Å². The lowest BCUT2D eigenvalue weighted by Gasteiger charge is -2.11. The van der Waals surface area contributed by atoms with Crippen molar-refractivity contribution in [2.24, 2.45) is 0 Å². The van der Waals surface area contributed by atoms with Crippen LogP contribution in [0.1, 0.15) is 28.7 Å². The van der Waals surface area contributed by atoms with Gasteiger partial charge in [-0.3, -0.25) is 0 Å². The summed E-state index contributed by atoms with van der Waals surface area (Å²) in [6, 6.07) is 0.873. The third kappa shape index (κ3) is 4.86. The van der Waals surface area contributed by atoms with Crippen molar-refractivity contribution in [1.82, 2.24) is 39.9 Å². The van der Waals surface area contributed by atoms with Crippen LogP contribution in [0.5, 0.6) is 0 Å². The van der Waals surface area contributed by atoms with Crippen LogP contribution in [0, 0.1) is 6.92 Å². The van der Waals surface area contributed by atoms with Gasteiger partial charge >= 0.3 is 12.4 Å². The minimum absolute atomic E-state index is 0.0574. The molecule has 0 spiro atoms. The number of aryl methyl sites for hydroxylation is 1. The van der Waals surface area contributed by atoms with E-state index in [1.54, 1.807) is 6.92 Å². The van der Waals surface area contributed by atoms with E-state index in [-0.39, 0.29) is 17.4 Å². The molecular weight excluding hydrogens is 458 g/mol. The Kier molecular flexibility index (Phi) is 5.39. The summed E-state index contributed by atoms with van der Waals surface area (Å²) < 4.78 is 85.0. The normalized spacial score (nSPS) is 12.9. The highest BCUT2D eigenvalue weighted by molar-refractivity contribution is 5.82. The van der Waals surface area contributed by atoms with Crippen LogP contribution in [0.15, 0.2) is 41.6 Å². The van der Waals surface area contributed by atoms with E-state index in [2.05, 4.69) is 35.2 Å². The number of pyridine rings is 1. The molecule has 0 aliphatic heterocycles. The molecule has 0 atom stereocenters. The highest BCUT2D eigenvalue weighted by Gasteiger charge is 2.39. The van der Waals surface area contributed by atoms with E-state index in [0.29, 0.717) is 17.7 Å². The summed E-state index contributed by atoms with van der Waals surface area (Å²) in [4.78, 5) is 14.3. The molecule has 0 aliphatic rings. The second kappa shape index (κ2) is 8.07. The largest absolute Gasteiger partial charge is 0.433 e. The average Bonchev–Trinajstić information content (AvgIpc) is 3.40. The fraction of sp³-hybridized carbons (Fsp3) is 0.167. The molecular formula is C18H10F6N8O. The van der Waals surface area contributed by atoms with E-state index in [9.17, 15) is 26.3 Å². The van der Waals surface area contributed by atoms with E-state index >= 15 is 0 Å². The third-order valence-electron chi connectivity index (χ3n) is 4.06. The SMILES string of the molecule is Cc1nnc(/C(=C/n2cnc(-c3cc(C(F)(F)F)nc(C(F)(F)F)c3)n2)c2cncnc2)o1. The number of halogens is 6. The topological polar surface area (TPSA) is 108 Å². The smallest absolute Gasteiger partial charge is 0.421 e. The van der Waals surface area contributed by atoms with Gasteiger partial charge in [0.1, 0.15) is 24.0 Å². The minimum Gasteiger partial charge on any atom is -0.421 e. The molecule has 4 aromatic rings. The molecule has 0 fully saturated rings. The van der Waals surface area contributed by atoms with Gasteiger partial charge in [-0.05, 0) is 12.1 Å². The van der Waals surface area contributed by atoms with Crippen molar-refractivity contribution < 1.29 is 30.8 Å². The monoisotopic (exact) mass is 468 g/mol. The fourth-order valence-electron chi connectivity index (χ4n) is 2.65. The summed E-state index contributed by atoms with van der Waals surface area (Å²) in [5.74, 6) is -0.0832. The Morgan fingerprint density at radius 3 is 2.15 bits per heavy atom. The summed E-state index contributed by atoms with van der Waals surface area (Å²) in [6.45, 7) is 1.56. The number of hydrogen-bond donors (Lipinski definition) is 0. The Morgan fingerprint density at radius 1 is 0.970 bits per heavy atom. The predicted molar refractivity (Wildman–Crippen MR) is 97.6 cm³/mol. The van der Waals surface area contributed by atoms with Crippen LogP contribution >= 0.6 is 0 Å². The Bertz CT molecular complexity index is 1280. The van der Waals surface area contributed by atoms with Crippen LogP contribution < -0.4 is 0 Å². The zero-order valence-electron chi connectivity index (χ0n) is 16.3. The minimum atomic E-state index is -5.10. The molecule has 0 saturated heterocycles. The number of hydrogen-bond acceptors (Lipinski definition) is 8. The van der Waals surface area contributed by atoms with Crippen molar-refractivity contribution >= 4 is 11.8 Å². The molecule has 0 N–H and O–H groups in total. The first-order valence-corrected chi connectivity index (χ1v) is 8.86. The Balaban J connectivity index is 1.79. The van der Waals surface area contributed by atoms with Crippen LogP contribution in [0.3, 0.4) is 0 Å². The quantitative estimate of drug-likeness (QED) is 0.415. The molecule has 0 aliphatic carbocycles. The lowest BCUT2D eigenvalue weighted by molar-refractivity contribution is -0.150. The van der Waals surface area contributed by atoms with Gasteiger partial charge in [-0.2, -0.15) is 26.3 Å². The zero-order chi connectivity index (χ0) is 23.8. The van der Waals surface area contributed by atoms with E-state index in [0.717, 1.165) is 11.0 Å². The van der Waals surface area contributed by atoms with Crippen LogP contribution in [0.2, 0.25) is 0 Å². The van der Waals surface area contributed by atoms with E-state index in [1.165, 1.54) is 24.9 Å². The van der Waals surface area contributed by atoms with Gasteiger partial charge in [-0.1, -0.05) is 0 Å². The van der Waals surface area contributed by atoms with Crippen molar-refractivity contribution in [3.63, 3.8) is 0 Å². The molecule has 0 amide bonds. The number of nitrogens with zero attached hydrogens (tertiary/aromatic N) is 8. The summed E-state index contributed by atoms with van der Waals surface area (Å²) in [5.41, 5.74) is -3.24. The maximum Gasteiger partial charge on any atom is 0.433 e. The van der Waals surface area contributed by atoms with E-state index < -0.39 is 35.1 Å². The van der Waals surface area contributed by atoms with Crippen LogP contribution in [0.25, 0.3) is 23.2 Å². The van der Waals surface area contributed by atoms with Crippen LogP contribution in [-0.2, 0) is 12.4 Å². The van der Waals surface area contributed by atoms with Crippen molar-refractivity contribution in [3.8, 4) is 11.4 Å². The molecule has 33 heavy (non-hydrogen) atoms. The highest BCUT2D eigenvalue weighted by Crippen LogP contribution is 2.35. The standard InChI is InChI=1S/C18H10F6N8O/c1-9-29-30-16(33-9)12(11-4-25-7-26-5-11)6-32-8-27-15(31-32)10-2-13(17(19,20)21)28-14(3-10)18(22,23)24/h2-8H,1H3/b12-6+. The molecule has 4 heterocycles. The number of aromatic nitrogens is 8. The zero-order valence-corrected chi connectivity index (χ0v) is 16.3. The van der Waals surface area contributed by atoms with Gasteiger partial charge in [-0.15, -0.1) is 15.3 Å². The Labute approximate surface area is 179 Å². The Hall–Kier alpha value is -4.17. The van der Waals surface area contributed by atoms with Crippen LogP contribution in [-0.4, -0.2) is 39.9 Å².